The summed E-state index contributed by atoms with van der Waals surface area (Å²) in [4.78, 5) is 11.6. The SMILES string of the molecule is CC(=O)O[C@H]1CC[C@]2(C)C3=CC[C@]4(C)[C@@H]([C@H](C)CC[C@@H](C)C(C)C)CC[C@@]4(C)[C@@H]3CC[C@H]2C1. The van der Waals surface area contributed by atoms with E-state index in [1.54, 1.807) is 6.92 Å². The van der Waals surface area contributed by atoms with Crippen molar-refractivity contribution in [1.82, 2.24) is 0 Å². The standard InChI is InChI=1S/C31H52O2/c1-20(2)21(3)9-10-22(4)26-14-17-31(8)28-12-11-24-19-25(33-23(5)32)13-16-29(24,6)27(28)15-18-30(26,31)7/h15,20-22,24-26,28H,9-14,16-19H2,1-8H3/t21-,22-,24+,25+,26-,28-,29+,30-,31+/m1/s1. The molecular weight excluding hydrogens is 404 g/mol. The molecule has 0 aromatic carbocycles. The first-order chi connectivity index (χ1) is 15.4. The van der Waals surface area contributed by atoms with Gasteiger partial charge in [0.15, 0.2) is 0 Å². The molecule has 4 rings (SSSR count). The molecule has 3 saturated carbocycles. The fraction of sp³-hybridized carbons (Fsp3) is 0.903. The molecule has 0 radical (unpaired) electrons. The number of hydrogen-bond donors (Lipinski definition) is 0. The van der Waals surface area contributed by atoms with E-state index in [0.29, 0.717) is 22.2 Å². The predicted molar refractivity (Wildman–Crippen MR) is 138 cm³/mol. The van der Waals surface area contributed by atoms with E-state index in [2.05, 4.69) is 54.5 Å². The van der Waals surface area contributed by atoms with Crippen molar-refractivity contribution in [3.8, 4) is 0 Å². The van der Waals surface area contributed by atoms with E-state index in [-0.39, 0.29) is 12.1 Å². The lowest BCUT2D eigenvalue weighted by Gasteiger charge is -2.61. The second-order valence-electron chi connectivity index (χ2n) is 13.9. The zero-order valence-electron chi connectivity index (χ0n) is 23.0. The minimum atomic E-state index is -0.105. The fourth-order valence-corrected chi connectivity index (χ4v) is 9.21. The van der Waals surface area contributed by atoms with Gasteiger partial charge in [0.25, 0.3) is 0 Å². The molecule has 0 unspecified atom stereocenters. The number of ether oxygens (including phenoxy) is 1. The number of esters is 1. The third kappa shape index (κ3) is 4.14. The molecule has 188 valence electrons. The maximum atomic E-state index is 11.6. The van der Waals surface area contributed by atoms with Gasteiger partial charge in [-0.2, -0.15) is 0 Å². The molecule has 2 heteroatoms. The van der Waals surface area contributed by atoms with Crippen LogP contribution in [0.5, 0.6) is 0 Å². The van der Waals surface area contributed by atoms with Crippen molar-refractivity contribution in [3.63, 3.8) is 0 Å². The van der Waals surface area contributed by atoms with Crippen LogP contribution in [0.3, 0.4) is 0 Å². The first-order valence-corrected chi connectivity index (χ1v) is 14.3. The van der Waals surface area contributed by atoms with Crippen molar-refractivity contribution in [3.05, 3.63) is 11.6 Å². The Labute approximate surface area is 204 Å². The number of carbonyl (C=O) groups excluding carboxylic acids is 1. The van der Waals surface area contributed by atoms with Gasteiger partial charge < -0.3 is 4.74 Å². The second kappa shape index (κ2) is 9.02. The van der Waals surface area contributed by atoms with Crippen LogP contribution in [-0.4, -0.2) is 12.1 Å². The van der Waals surface area contributed by atoms with E-state index in [0.717, 1.165) is 42.4 Å². The first-order valence-electron chi connectivity index (χ1n) is 14.3. The first kappa shape index (κ1) is 25.3. The molecule has 0 amide bonds. The number of fused-ring (bicyclic) bond motifs is 5. The zero-order valence-corrected chi connectivity index (χ0v) is 23.0. The third-order valence-electron chi connectivity index (χ3n) is 12.1. The summed E-state index contributed by atoms with van der Waals surface area (Å²) in [6, 6.07) is 0. The van der Waals surface area contributed by atoms with E-state index in [4.69, 9.17) is 4.74 Å². The summed E-state index contributed by atoms with van der Waals surface area (Å²) in [6.45, 7) is 19.3. The zero-order chi connectivity index (χ0) is 24.2. The van der Waals surface area contributed by atoms with E-state index in [1.165, 1.54) is 51.4 Å². The maximum Gasteiger partial charge on any atom is 0.302 e. The summed E-state index contributed by atoms with van der Waals surface area (Å²) < 4.78 is 5.66. The smallest absolute Gasteiger partial charge is 0.302 e. The van der Waals surface area contributed by atoms with Gasteiger partial charge in [-0.3, -0.25) is 4.79 Å². The van der Waals surface area contributed by atoms with Gasteiger partial charge >= 0.3 is 5.97 Å². The second-order valence-corrected chi connectivity index (χ2v) is 13.9. The molecule has 4 aliphatic carbocycles. The Morgan fingerprint density at radius 3 is 2.39 bits per heavy atom. The summed E-state index contributed by atoms with van der Waals surface area (Å²) in [6.07, 6.45) is 15.7. The molecule has 0 aromatic rings. The lowest BCUT2D eigenvalue weighted by molar-refractivity contribution is -0.151. The van der Waals surface area contributed by atoms with Crippen LogP contribution in [0.15, 0.2) is 11.6 Å². The highest BCUT2D eigenvalue weighted by Crippen LogP contribution is 2.72. The van der Waals surface area contributed by atoms with Crippen molar-refractivity contribution >= 4 is 5.97 Å². The topological polar surface area (TPSA) is 26.3 Å². The van der Waals surface area contributed by atoms with Gasteiger partial charge in [0, 0.05) is 6.92 Å². The summed E-state index contributed by atoms with van der Waals surface area (Å²) in [7, 11) is 0. The molecule has 2 nitrogen and oxygen atoms in total. The Kier molecular flexibility index (Phi) is 6.91. The van der Waals surface area contributed by atoms with Crippen LogP contribution >= 0.6 is 0 Å². The van der Waals surface area contributed by atoms with Crippen LogP contribution in [0.4, 0.5) is 0 Å². The number of carbonyl (C=O) groups is 1. The van der Waals surface area contributed by atoms with E-state index < -0.39 is 0 Å². The highest BCUT2D eigenvalue weighted by atomic mass is 16.5. The highest BCUT2D eigenvalue weighted by Gasteiger charge is 2.63. The molecule has 9 atom stereocenters. The highest BCUT2D eigenvalue weighted by molar-refractivity contribution is 5.66. The summed E-state index contributed by atoms with van der Waals surface area (Å²) >= 11 is 0. The van der Waals surface area contributed by atoms with Crippen molar-refractivity contribution in [2.24, 2.45) is 51.8 Å². The summed E-state index contributed by atoms with van der Waals surface area (Å²) in [5, 5.41) is 0. The van der Waals surface area contributed by atoms with Gasteiger partial charge in [0.05, 0.1) is 0 Å². The molecule has 0 aliphatic heterocycles. The van der Waals surface area contributed by atoms with Gasteiger partial charge in [-0.05, 0) is 103 Å². The van der Waals surface area contributed by atoms with Crippen molar-refractivity contribution < 1.29 is 9.53 Å². The lowest BCUT2D eigenvalue weighted by Crippen LogP contribution is -2.53. The predicted octanol–water partition coefficient (Wildman–Crippen LogP) is 8.60. The average Bonchev–Trinajstić information content (AvgIpc) is 3.03. The molecule has 33 heavy (non-hydrogen) atoms. The Balaban J connectivity index is 1.53. The molecule has 0 spiro atoms. The van der Waals surface area contributed by atoms with Gasteiger partial charge in [-0.25, -0.2) is 0 Å². The molecule has 0 heterocycles. The Hall–Kier alpha value is -0.790. The molecular formula is C31H52O2. The normalized spacial score (nSPS) is 44.3. The lowest BCUT2D eigenvalue weighted by atomic mass is 9.44. The fourth-order valence-electron chi connectivity index (χ4n) is 9.21. The summed E-state index contributed by atoms with van der Waals surface area (Å²) in [5.41, 5.74) is 3.02. The Morgan fingerprint density at radius 2 is 1.73 bits per heavy atom. The van der Waals surface area contributed by atoms with Crippen molar-refractivity contribution in [1.29, 1.82) is 0 Å². The summed E-state index contributed by atoms with van der Waals surface area (Å²) in [5.74, 6) is 4.67. The van der Waals surface area contributed by atoms with Crippen LogP contribution in [0.1, 0.15) is 120 Å². The van der Waals surface area contributed by atoms with E-state index in [1.807, 2.05) is 5.57 Å². The van der Waals surface area contributed by atoms with Gasteiger partial charge in [-0.1, -0.05) is 73.0 Å². The van der Waals surface area contributed by atoms with Gasteiger partial charge in [0.1, 0.15) is 6.10 Å². The molecule has 0 N–H and O–H groups in total. The Bertz CT molecular complexity index is 767. The maximum absolute atomic E-state index is 11.6. The largest absolute Gasteiger partial charge is 0.463 e. The molecule has 0 bridgehead atoms. The van der Waals surface area contributed by atoms with E-state index >= 15 is 0 Å². The van der Waals surface area contributed by atoms with Crippen LogP contribution in [0.2, 0.25) is 0 Å². The van der Waals surface area contributed by atoms with Crippen LogP contribution in [-0.2, 0) is 9.53 Å². The number of rotatable bonds is 6. The monoisotopic (exact) mass is 456 g/mol. The van der Waals surface area contributed by atoms with Crippen LogP contribution < -0.4 is 0 Å². The number of hydrogen-bond acceptors (Lipinski definition) is 2. The van der Waals surface area contributed by atoms with Crippen molar-refractivity contribution in [2.45, 2.75) is 126 Å². The number of allylic oxidation sites excluding steroid dienone is 2. The molecule has 0 aromatic heterocycles. The minimum absolute atomic E-state index is 0.105. The average molecular weight is 457 g/mol. The molecule has 3 fully saturated rings. The van der Waals surface area contributed by atoms with Gasteiger partial charge in [0.2, 0.25) is 0 Å². The Morgan fingerprint density at radius 1 is 1.00 bits per heavy atom. The van der Waals surface area contributed by atoms with Crippen LogP contribution in [0, 0.1) is 51.8 Å². The molecule has 0 saturated heterocycles. The quantitative estimate of drug-likeness (QED) is 0.295. The third-order valence-corrected chi connectivity index (χ3v) is 12.1. The van der Waals surface area contributed by atoms with Crippen LogP contribution in [0.25, 0.3) is 0 Å². The van der Waals surface area contributed by atoms with E-state index in [9.17, 15) is 4.79 Å². The van der Waals surface area contributed by atoms with Crippen molar-refractivity contribution in [2.75, 3.05) is 0 Å². The molecule has 4 aliphatic rings. The van der Waals surface area contributed by atoms with Gasteiger partial charge in [-0.15, -0.1) is 0 Å². The minimum Gasteiger partial charge on any atom is -0.463 e.